The molecule has 158 valence electrons. The maximum Gasteiger partial charge on any atom is 0.263 e. The quantitative estimate of drug-likeness (QED) is 0.636. The van der Waals surface area contributed by atoms with E-state index < -0.39 is 6.04 Å². The normalized spacial score (nSPS) is 17.6. The predicted octanol–water partition coefficient (Wildman–Crippen LogP) is 5.12. The van der Waals surface area contributed by atoms with Gasteiger partial charge in [-0.2, -0.15) is 0 Å². The second-order valence-corrected chi connectivity index (χ2v) is 10.5. The summed E-state index contributed by atoms with van der Waals surface area (Å²) in [4.78, 5) is 32.8. The molecule has 2 heterocycles. The van der Waals surface area contributed by atoms with Crippen LogP contribution in [0.15, 0.2) is 35.4 Å². The zero-order valence-electron chi connectivity index (χ0n) is 18.3. The van der Waals surface area contributed by atoms with Crippen LogP contribution in [-0.2, 0) is 17.6 Å². The van der Waals surface area contributed by atoms with Crippen molar-refractivity contribution in [3.05, 3.63) is 57.0 Å². The van der Waals surface area contributed by atoms with E-state index in [0.29, 0.717) is 11.3 Å². The zero-order chi connectivity index (χ0) is 21.6. The van der Waals surface area contributed by atoms with E-state index in [4.69, 9.17) is 0 Å². The summed E-state index contributed by atoms with van der Waals surface area (Å²) >= 11 is 1.64. The third-order valence-corrected chi connectivity index (χ3v) is 7.58. The van der Waals surface area contributed by atoms with E-state index in [0.717, 1.165) is 40.9 Å². The number of fused-ring (bicyclic) bond motifs is 3. The van der Waals surface area contributed by atoms with Crippen molar-refractivity contribution < 1.29 is 4.79 Å². The van der Waals surface area contributed by atoms with Crippen LogP contribution in [0.25, 0.3) is 10.2 Å². The molecular weight excluding hydrogens is 394 g/mol. The molecule has 1 amide bonds. The summed E-state index contributed by atoms with van der Waals surface area (Å²) in [6, 6.07) is 6.99. The molecule has 1 aromatic carbocycles. The topological polar surface area (TPSA) is 64.0 Å². The number of aromatic nitrogens is 2. The average Bonchev–Trinajstić information content (AvgIpc) is 3.07. The average molecular weight is 424 g/mol. The number of amides is 1. The van der Waals surface area contributed by atoms with Crippen molar-refractivity contribution in [3.63, 3.8) is 0 Å². The van der Waals surface area contributed by atoms with Gasteiger partial charge in [0.1, 0.15) is 10.9 Å². The van der Waals surface area contributed by atoms with Crippen molar-refractivity contribution in [3.8, 4) is 0 Å². The smallest absolute Gasteiger partial charge is 0.263 e. The summed E-state index contributed by atoms with van der Waals surface area (Å²) in [5.74, 6) is 0.392. The maximum atomic E-state index is 13.4. The van der Waals surface area contributed by atoms with Gasteiger partial charge in [0, 0.05) is 10.6 Å². The first-order valence-electron chi connectivity index (χ1n) is 10.5. The maximum absolute atomic E-state index is 13.4. The molecule has 0 radical (unpaired) electrons. The molecule has 5 nitrogen and oxygen atoms in total. The number of carbonyl (C=O) groups excluding carboxylic acids is 1. The fourth-order valence-corrected chi connectivity index (χ4v) is 5.53. The fourth-order valence-electron chi connectivity index (χ4n) is 4.27. The zero-order valence-corrected chi connectivity index (χ0v) is 19.1. The van der Waals surface area contributed by atoms with Crippen LogP contribution in [0.1, 0.15) is 56.2 Å². The van der Waals surface area contributed by atoms with Gasteiger partial charge >= 0.3 is 0 Å². The summed E-state index contributed by atoms with van der Waals surface area (Å²) in [5.41, 5.74) is 3.04. The van der Waals surface area contributed by atoms with Gasteiger partial charge in [-0.05, 0) is 61.6 Å². The lowest BCUT2D eigenvalue weighted by molar-refractivity contribution is -0.118. The number of hydrogen-bond donors (Lipinski definition) is 1. The Morgan fingerprint density at radius 3 is 2.73 bits per heavy atom. The van der Waals surface area contributed by atoms with E-state index in [1.807, 2.05) is 31.2 Å². The number of nitrogens with one attached hydrogen (secondary N) is 1. The number of nitrogens with zero attached hydrogens (tertiary/aromatic N) is 2. The lowest BCUT2D eigenvalue weighted by atomic mass is 9.72. The SMILES string of the molecule is Cc1ccccc1NC(=O)C(C)n1cnc2sc3c(c2c1=O)CCC(C(C)(C)C)C3. The van der Waals surface area contributed by atoms with Gasteiger partial charge in [0.15, 0.2) is 0 Å². The van der Waals surface area contributed by atoms with Gasteiger partial charge in [-0.1, -0.05) is 39.0 Å². The molecule has 2 unspecified atom stereocenters. The second kappa shape index (κ2) is 7.65. The van der Waals surface area contributed by atoms with Crippen molar-refractivity contribution in [1.29, 1.82) is 0 Å². The largest absolute Gasteiger partial charge is 0.324 e. The lowest BCUT2D eigenvalue weighted by Crippen LogP contribution is -2.32. The molecule has 0 saturated carbocycles. The summed E-state index contributed by atoms with van der Waals surface area (Å²) in [5, 5.41) is 3.65. The Labute approximate surface area is 181 Å². The number of benzene rings is 1. The van der Waals surface area contributed by atoms with E-state index in [1.54, 1.807) is 18.3 Å². The highest BCUT2D eigenvalue weighted by atomic mass is 32.1. The van der Waals surface area contributed by atoms with Crippen LogP contribution in [0.3, 0.4) is 0 Å². The van der Waals surface area contributed by atoms with E-state index in [-0.39, 0.29) is 16.9 Å². The molecule has 0 spiro atoms. The summed E-state index contributed by atoms with van der Waals surface area (Å²) in [7, 11) is 0. The molecule has 1 N–H and O–H groups in total. The second-order valence-electron chi connectivity index (χ2n) is 9.43. The van der Waals surface area contributed by atoms with Gasteiger partial charge in [-0.3, -0.25) is 14.2 Å². The number of anilines is 1. The molecule has 3 aromatic rings. The van der Waals surface area contributed by atoms with Crippen molar-refractivity contribution in [2.45, 2.75) is 59.9 Å². The molecule has 2 aromatic heterocycles. The predicted molar refractivity (Wildman–Crippen MR) is 123 cm³/mol. The molecule has 2 atom stereocenters. The molecule has 30 heavy (non-hydrogen) atoms. The Kier molecular flexibility index (Phi) is 5.30. The van der Waals surface area contributed by atoms with E-state index in [2.05, 4.69) is 31.1 Å². The van der Waals surface area contributed by atoms with Gasteiger partial charge in [0.2, 0.25) is 5.91 Å². The number of aryl methyl sites for hydroxylation is 2. The molecule has 0 aliphatic heterocycles. The van der Waals surface area contributed by atoms with Gasteiger partial charge in [-0.25, -0.2) is 4.98 Å². The van der Waals surface area contributed by atoms with E-state index in [9.17, 15) is 9.59 Å². The highest BCUT2D eigenvalue weighted by molar-refractivity contribution is 7.18. The Bertz CT molecular complexity index is 1170. The van der Waals surface area contributed by atoms with Crippen LogP contribution < -0.4 is 10.9 Å². The monoisotopic (exact) mass is 423 g/mol. The van der Waals surface area contributed by atoms with Gasteiger partial charge in [-0.15, -0.1) is 11.3 Å². The minimum Gasteiger partial charge on any atom is -0.324 e. The van der Waals surface area contributed by atoms with E-state index in [1.165, 1.54) is 15.8 Å². The Balaban J connectivity index is 1.66. The first kappa shape index (κ1) is 20.8. The van der Waals surface area contributed by atoms with Gasteiger partial charge in [0.25, 0.3) is 5.56 Å². The van der Waals surface area contributed by atoms with Crippen molar-refractivity contribution in [2.75, 3.05) is 5.32 Å². The third kappa shape index (κ3) is 3.69. The molecule has 1 aliphatic rings. The van der Waals surface area contributed by atoms with Crippen LogP contribution >= 0.6 is 11.3 Å². The summed E-state index contributed by atoms with van der Waals surface area (Å²) in [6.07, 6.45) is 4.51. The van der Waals surface area contributed by atoms with Gasteiger partial charge < -0.3 is 5.32 Å². The van der Waals surface area contributed by atoms with Crippen LogP contribution in [0.5, 0.6) is 0 Å². The molecule has 1 aliphatic carbocycles. The number of para-hydroxylation sites is 1. The Hall–Kier alpha value is -2.47. The highest BCUT2D eigenvalue weighted by Crippen LogP contribution is 2.42. The molecule has 0 fully saturated rings. The van der Waals surface area contributed by atoms with Crippen LogP contribution in [-0.4, -0.2) is 15.5 Å². The standard InChI is InChI=1S/C24H29N3O2S/c1-14-8-6-7-9-18(14)26-21(28)15(2)27-13-25-22-20(23(27)29)17-11-10-16(24(3,4)5)12-19(17)30-22/h6-9,13,15-16H,10-12H2,1-5H3,(H,26,28). The summed E-state index contributed by atoms with van der Waals surface area (Å²) < 4.78 is 1.47. The molecule has 0 bridgehead atoms. The van der Waals surface area contributed by atoms with Crippen molar-refractivity contribution in [2.24, 2.45) is 11.3 Å². The molecule has 6 heteroatoms. The molecule has 0 saturated heterocycles. The van der Waals surface area contributed by atoms with Gasteiger partial charge in [0.05, 0.1) is 11.7 Å². The van der Waals surface area contributed by atoms with Crippen LogP contribution in [0.4, 0.5) is 5.69 Å². The number of thiophene rings is 1. The van der Waals surface area contributed by atoms with Crippen molar-refractivity contribution >= 4 is 33.1 Å². The lowest BCUT2D eigenvalue weighted by Gasteiger charge is -2.33. The van der Waals surface area contributed by atoms with Crippen molar-refractivity contribution in [1.82, 2.24) is 9.55 Å². The first-order chi connectivity index (χ1) is 14.2. The molecular formula is C24H29N3O2S. The number of rotatable bonds is 3. The van der Waals surface area contributed by atoms with Crippen LogP contribution in [0, 0.1) is 18.3 Å². The Morgan fingerprint density at radius 2 is 2.03 bits per heavy atom. The number of hydrogen-bond acceptors (Lipinski definition) is 4. The van der Waals surface area contributed by atoms with Crippen LogP contribution in [0.2, 0.25) is 0 Å². The summed E-state index contributed by atoms with van der Waals surface area (Å²) in [6.45, 7) is 10.6. The highest BCUT2D eigenvalue weighted by Gasteiger charge is 2.32. The molecule has 4 rings (SSSR count). The minimum atomic E-state index is -0.643. The first-order valence-corrected chi connectivity index (χ1v) is 11.4. The van der Waals surface area contributed by atoms with E-state index >= 15 is 0 Å². The third-order valence-electron chi connectivity index (χ3n) is 6.42. The minimum absolute atomic E-state index is 0.112. The Morgan fingerprint density at radius 1 is 1.30 bits per heavy atom. The fraction of sp³-hybridized carbons (Fsp3) is 0.458. The number of carbonyl (C=O) groups is 1.